The highest BCUT2D eigenvalue weighted by Gasteiger charge is 2.35. The molecular formula is C39H51N3O8S. The molecule has 5 atom stereocenters. The Morgan fingerprint density at radius 2 is 1.57 bits per heavy atom. The molecule has 51 heavy (non-hydrogen) atoms. The summed E-state index contributed by atoms with van der Waals surface area (Å²) in [6, 6.07) is 23.3. The average Bonchev–Trinajstić information content (AvgIpc) is 3.39. The highest BCUT2D eigenvalue weighted by molar-refractivity contribution is 7.91. The first-order valence-corrected chi connectivity index (χ1v) is 19.5. The van der Waals surface area contributed by atoms with E-state index in [-0.39, 0.29) is 23.8 Å². The largest absolute Gasteiger partial charge is 0.492 e. The average molecular weight is 722 g/mol. The maximum Gasteiger partial charge on any atom is 0.407 e. The molecule has 1 heterocycles. The number of carbonyl (C=O) groups is 2. The number of aliphatic hydroxyl groups is 2. The standard InChI is InChI=1S/C39H51N3O8S/c1-39(2,3)50-38(46)40-33(24-27-9-5-4-6-10-27)34(43)26-30(37(45)41-36-32-12-8-7-11-29(32)25-35(36)44)23-28-13-15-31(16-14-28)49-20-17-42-18-21-51(47,48)22-19-42/h4-16,30,33-36,43-44H,17-26H2,1-3H3,(H,40,46)(H,41,45)/t30-,33-,34-,35+,36-/m0/s1. The summed E-state index contributed by atoms with van der Waals surface area (Å²) in [6.07, 6.45) is -1.46. The third-order valence-electron chi connectivity index (χ3n) is 9.38. The van der Waals surface area contributed by atoms with Crippen LogP contribution in [0, 0.1) is 5.92 Å². The molecular weight excluding hydrogens is 671 g/mol. The number of nitrogens with one attached hydrogen (secondary N) is 2. The molecule has 0 bridgehead atoms. The maximum absolute atomic E-state index is 14.1. The first kappa shape index (κ1) is 38.3. The van der Waals surface area contributed by atoms with E-state index in [0.717, 1.165) is 22.3 Å². The second-order valence-corrected chi connectivity index (χ2v) is 16.9. The van der Waals surface area contributed by atoms with E-state index >= 15 is 0 Å². The van der Waals surface area contributed by atoms with Crippen molar-refractivity contribution in [2.75, 3.05) is 37.7 Å². The van der Waals surface area contributed by atoms with Gasteiger partial charge in [-0.05, 0) is 74.4 Å². The van der Waals surface area contributed by atoms with Crippen molar-refractivity contribution in [3.8, 4) is 5.75 Å². The Bertz CT molecular complexity index is 1700. The van der Waals surface area contributed by atoms with Crippen LogP contribution in [0.15, 0.2) is 78.9 Å². The van der Waals surface area contributed by atoms with Crippen LogP contribution in [-0.4, -0.2) is 97.1 Å². The van der Waals surface area contributed by atoms with E-state index in [1.165, 1.54) is 0 Å². The fourth-order valence-electron chi connectivity index (χ4n) is 6.64. The van der Waals surface area contributed by atoms with E-state index in [0.29, 0.717) is 51.3 Å². The van der Waals surface area contributed by atoms with Gasteiger partial charge in [0.2, 0.25) is 5.91 Å². The van der Waals surface area contributed by atoms with Crippen molar-refractivity contribution in [1.29, 1.82) is 0 Å². The predicted molar refractivity (Wildman–Crippen MR) is 195 cm³/mol. The van der Waals surface area contributed by atoms with Crippen LogP contribution in [0.2, 0.25) is 0 Å². The summed E-state index contributed by atoms with van der Waals surface area (Å²) in [4.78, 5) is 29.0. The van der Waals surface area contributed by atoms with Gasteiger partial charge in [0.1, 0.15) is 18.0 Å². The highest BCUT2D eigenvalue weighted by atomic mass is 32.2. The van der Waals surface area contributed by atoms with Gasteiger partial charge in [-0.2, -0.15) is 0 Å². The summed E-state index contributed by atoms with van der Waals surface area (Å²) < 4.78 is 34.9. The maximum atomic E-state index is 14.1. The number of nitrogens with zero attached hydrogens (tertiary/aromatic N) is 1. The number of aliphatic hydroxyl groups excluding tert-OH is 2. The first-order valence-electron chi connectivity index (χ1n) is 17.7. The molecule has 1 saturated heterocycles. The lowest BCUT2D eigenvalue weighted by Gasteiger charge is -2.30. The molecule has 3 aromatic carbocycles. The molecule has 4 N–H and O–H groups in total. The lowest BCUT2D eigenvalue weighted by Crippen LogP contribution is -2.48. The molecule has 5 rings (SSSR count). The summed E-state index contributed by atoms with van der Waals surface area (Å²) in [5.74, 6) is -0.0298. The molecule has 0 spiro atoms. The highest BCUT2D eigenvalue weighted by Crippen LogP contribution is 2.32. The van der Waals surface area contributed by atoms with Crippen LogP contribution in [0.5, 0.6) is 5.75 Å². The molecule has 1 fully saturated rings. The normalized spacial score (nSPS) is 20.4. The lowest BCUT2D eigenvalue weighted by molar-refractivity contribution is -0.127. The molecule has 11 nitrogen and oxygen atoms in total. The van der Waals surface area contributed by atoms with E-state index in [4.69, 9.17) is 9.47 Å². The van der Waals surface area contributed by atoms with Crippen LogP contribution in [0.3, 0.4) is 0 Å². The van der Waals surface area contributed by atoms with Crippen LogP contribution in [0.4, 0.5) is 4.79 Å². The van der Waals surface area contributed by atoms with Crippen molar-refractivity contribution in [2.45, 2.75) is 76.3 Å². The number of sulfone groups is 1. The van der Waals surface area contributed by atoms with Crippen molar-refractivity contribution in [3.63, 3.8) is 0 Å². The summed E-state index contributed by atoms with van der Waals surface area (Å²) in [7, 11) is -2.94. The smallest absolute Gasteiger partial charge is 0.407 e. The number of hydrogen-bond acceptors (Lipinski definition) is 9. The molecule has 0 aromatic heterocycles. The molecule has 0 saturated carbocycles. The van der Waals surface area contributed by atoms with E-state index in [9.17, 15) is 28.2 Å². The van der Waals surface area contributed by atoms with E-state index in [1.807, 2.05) is 78.9 Å². The van der Waals surface area contributed by atoms with Crippen LogP contribution >= 0.6 is 0 Å². The summed E-state index contributed by atoms with van der Waals surface area (Å²) >= 11 is 0. The first-order chi connectivity index (χ1) is 24.2. The topological polar surface area (TPSA) is 154 Å². The number of fused-ring (bicyclic) bond motifs is 1. The zero-order chi connectivity index (χ0) is 36.6. The molecule has 2 amide bonds. The van der Waals surface area contributed by atoms with Crippen LogP contribution in [0.1, 0.15) is 55.5 Å². The Kier molecular flexibility index (Phi) is 12.8. The molecule has 0 radical (unpaired) electrons. The van der Waals surface area contributed by atoms with Gasteiger partial charge >= 0.3 is 6.09 Å². The lowest BCUT2D eigenvalue weighted by atomic mass is 9.88. The quantitative estimate of drug-likeness (QED) is 0.196. The Balaban J connectivity index is 1.29. The van der Waals surface area contributed by atoms with Gasteiger partial charge in [-0.1, -0.05) is 66.7 Å². The molecule has 3 aromatic rings. The Labute approximate surface area is 301 Å². The summed E-state index contributed by atoms with van der Waals surface area (Å²) in [6.45, 7) is 7.34. The molecule has 0 unspecified atom stereocenters. The third kappa shape index (κ3) is 11.5. The van der Waals surface area contributed by atoms with Crippen molar-refractivity contribution in [1.82, 2.24) is 15.5 Å². The van der Waals surface area contributed by atoms with Gasteiger partial charge in [0.25, 0.3) is 0 Å². The van der Waals surface area contributed by atoms with Crippen LogP contribution in [0.25, 0.3) is 0 Å². The van der Waals surface area contributed by atoms with Crippen molar-refractivity contribution in [2.24, 2.45) is 5.92 Å². The minimum atomic E-state index is -2.94. The number of hydrogen-bond donors (Lipinski definition) is 4. The van der Waals surface area contributed by atoms with Gasteiger partial charge < -0.3 is 30.3 Å². The third-order valence-corrected chi connectivity index (χ3v) is 11.0. The molecule has 276 valence electrons. The van der Waals surface area contributed by atoms with Crippen molar-refractivity contribution >= 4 is 21.8 Å². The van der Waals surface area contributed by atoms with E-state index < -0.39 is 51.7 Å². The number of carbonyl (C=O) groups excluding carboxylic acids is 2. The number of amides is 2. The molecule has 1 aliphatic heterocycles. The summed E-state index contributed by atoms with van der Waals surface area (Å²) in [5, 5.41) is 28.5. The van der Waals surface area contributed by atoms with Crippen LogP contribution in [-0.2, 0) is 38.6 Å². The van der Waals surface area contributed by atoms with Crippen LogP contribution < -0.4 is 15.4 Å². The fourth-order valence-corrected chi connectivity index (χ4v) is 7.92. The van der Waals surface area contributed by atoms with E-state index in [1.54, 1.807) is 20.8 Å². The zero-order valence-electron chi connectivity index (χ0n) is 29.7. The van der Waals surface area contributed by atoms with E-state index in [2.05, 4.69) is 15.5 Å². The SMILES string of the molecule is CC(C)(C)OC(=O)N[C@@H](Cc1ccccc1)[C@@H](O)C[C@H](Cc1ccc(OCCN2CCS(=O)(=O)CC2)cc1)C(=O)N[C@H]1c2ccccc2C[C@H]1O. The Morgan fingerprint density at radius 3 is 2.25 bits per heavy atom. The molecule has 1 aliphatic carbocycles. The number of benzene rings is 3. The fraction of sp³-hybridized carbons (Fsp3) is 0.487. The molecule has 2 aliphatic rings. The number of alkyl carbamates (subject to hydrolysis) is 1. The number of ether oxygens (including phenoxy) is 2. The van der Waals surface area contributed by atoms with Gasteiger partial charge in [0, 0.05) is 32.0 Å². The van der Waals surface area contributed by atoms with Gasteiger partial charge in [-0.15, -0.1) is 0 Å². The minimum absolute atomic E-state index is 0.0351. The Hall–Kier alpha value is -3.97. The predicted octanol–water partition coefficient (Wildman–Crippen LogP) is 3.62. The Morgan fingerprint density at radius 1 is 0.922 bits per heavy atom. The van der Waals surface area contributed by atoms with Crippen molar-refractivity contribution < 1.29 is 37.7 Å². The van der Waals surface area contributed by atoms with Gasteiger partial charge in [-0.3, -0.25) is 9.69 Å². The molecule has 12 heteroatoms. The monoisotopic (exact) mass is 721 g/mol. The van der Waals surface area contributed by atoms with Gasteiger partial charge in [-0.25, -0.2) is 13.2 Å². The van der Waals surface area contributed by atoms with Crippen molar-refractivity contribution in [3.05, 3.63) is 101 Å². The minimum Gasteiger partial charge on any atom is -0.492 e. The van der Waals surface area contributed by atoms with Gasteiger partial charge in [0.15, 0.2) is 9.84 Å². The second-order valence-electron chi connectivity index (χ2n) is 14.6. The number of rotatable bonds is 14. The summed E-state index contributed by atoms with van der Waals surface area (Å²) in [5.41, 5.74) is 2.88. The second kappa shape index (κ2) is 17.0. The zero-order valence-corrected chi connectivity index (χ0v) is 30.5. The van der Waals surface area contributed by atoms with Gasteiger partial charge in [0.05, 0.1) is 35.8 Å².